The number of nitrogens with zero attached hydrogens (tertiary/aromatic N) is 2. The first kappa shape index (κ1) is 12.4. The van der Waals surface area contributed by atoms with Gasteiger partial charge in [-0.1, -0.05) is 35.5 Å². The Morgan fingerprint density at radius 2 is 2.16 bits per heavy atom. The smallest absolute Gasteiger partial charge is 0.233 e. The Morgan fingerprint density at radius 1 is 1.32 bits per heavy atom. The molecule has 0 bridgehead atoms. The number of benzene rings is 1. The van der Waals surface area contributed by atoms with Crippen LogP contribution in [0.25, 0.3) is 0 Å². The Kier molecular flexibility index (Phi) is 3.34. The van der Waals surface area contributed by atoms with Crippen LogP contribution in [0, 0.1) is 0 Å². The van der Waals surface area contributed by atoms with Crippen LogP contribution in [0.1, 0.15) is 37.0 Å². The second-order valence-electron chi connectivity index (χ2n) is 5.52. The Hall–Kier alpha value is -1.68. The molecule has 4 nitrogen and oxygen atoms in total. The minimum atomic E-state index is -0.0137. The van der Waals surface area contributed by atoms with Gasteiger partial charge in [-0.3, -0.25) is 0 Å². The zero-order valence-corrected chi connectivity index (χ0v) is 11.2. The van der Waals surface area contributed by atoms with Crippen molar-refractivity contribution in [2.45, 2.75) is 31.6 Å². The summed E-state index contributed by atoms with van der Waals surface area (Å²) in [6, 6.07) is 10.2. The molecule has 2 heterocycles. The van der Waals surface area contributed by atoms with Crippen molar-refractivity contribution in [1.29, 1.82) is 0 Å². The topological polar surface area (TPSA) is 51.0 Å². The summed E-state index contributed by atoms with van der Waals surface area (Å²) in [6.07, 6.45) is 2.99. The molecule has 0 radical (unpaired) electrons. The lowest BCUT2D eigenvalue weighted by Gasteiger charge is -2.30. The van der Waals surface area contributed by atoms with Crippen LogP contribution >= 0.6 is 0 Å². The van der Waals surface area contributed by atoms with E-state index in [2.05, 4.69) is 34.5 Å². The second kappa shape index (κ2) is 5.13. The monoisotopic (exact) mass is 257 g/mol. The SMILES string of the molecule is CC1(c2nc(Cc3ccccc3)no2)CCCNC1. The lowest BCUT2D eigenvalue weighted by molar-refractivity contribution is 0.245. The highest BCUT2D eigenvalue weighted by atomic mass is 16.5. The first-order valence-corrected chi connectivity index (χ1v) is 6.84. The molecule has 3 rings (SSSR count). The molecule has 1 saturated heterocycles. The van der Waals surface area contributed by atoms with E-state index in [0.29, 0.717) is 0 Å². The summed E-state index contributed by atoms with van der Waals surface area (Å²) >= 11 is 0. The number of hydrogen-bond acceptors (Lipinski definition) is 4. The fourth-order valence-electron chi connectivity index (χ4n) is 2.59. The first-order valence-electron chi connectivity index (χ1n) is 6.84. The number of nitrogens with one attached hydrogen (secondary N) is 1. The molecule has 100 valence electrons. The fraction of sp³-hybridized carbons (Fsp3) is 0.467. The summed E-state index contributed by atoms with van der Waals surface area (Å²) in [4.78, 5) is 4.58. The van der Waals surface area contributed by atoms with Crippen molar-refractivity contribution in [3.8, 4) is 0 Å². The lowest BCUT2D eigenvalue weighted by atomic mass is 9.83. The predicted molar refractivity (Wildman–Crippen MR) is 73.0 cm³/mol. The average Bonchev–Trinajstić information content (AvgIpc) is 2.90. The highest BCUT2D eigenvalue weighted by molar-refractivity contribution is 5.19. The van der Waals surface area contributed by atoms with E-state index in [1.165, 1.54) is 5.56 Å². The van der Waals surface area contributed by atoms with Crippen molar-refractivity contribution >= 4 is 0 Å². The van der Waals surface area contributed by atoms with Gasteiger partial charge in [-0.25, -0.2) is 0 Å². The van der Waals surface area contributed by atoms with Crippen LogP contribution in [0.15, 0.2) is 34.9 Å². The number of hydrogen-bond donors (Lipinski definition) is 1. The highest BCUT2D eigenvalue weighted by Crippen LogP contribution is 2.29. The molecule has 1 aliphatic heterocycles. The Morgan fingerprint density at radius 3 is 2.89 bits per heavy atom. The Bertz CT molecular complexity index is 529. The summed E-state index contributed by atoms with van der Waals surface area (Å²) < 4.78 is 5.48. The summed E-state index contributed by atoms with van der Waals surface area (Å²) in [7, 11) is 0. The fourth-order valence-corrected chi connectivity index (χ4v) is 2.59. The molecule has 19 heavy (non-hydrogen) atoms. The zero-order chi connectivity index (χ0) is 13.1. The van der Waals surface area contributed by atoms with E-state index in [1.807, 2.05) is 18.2 Å². The molecule has 1 aliphatic rings. The minimum Gasteiger partial charge on any atom is -0.339 e. The van der Waals surface area contributed by atoms with E-state index in [9.17, 15) is 0 Å². The van der Waals surface area contributed by atoms with E-state index in [-0.39, 0.29) is 5.41 Å². The molecule has 0 spiro atoms. The molecular weight excluding hydrogens is 238 g/mol. The van der Waals surface area contributed by atoms with Gasteiger partial charge in [0, 0.05) is 13.0 Å². The van der Waals surface area contributed by atoms with Crippen LogP contribution < -0.4 is 5.32 Å². The largest absolute Gasteiger partial charge is 0.339 e. The number of aromatic nitrogens is 2. The maximum absolute atomic E-state index is 5.48. The third kappa shape index (κ3) is 2.68. The molecule has 1 atom stereocenters. The van der Waals surface area contributed by atoms with Crippen LogP contribution in [0.4, 0.5) is 0 Å². The van der Waals surface area contributed by atoms with Crippen LogP contribution in [0.3, 0.4) is 0 Å². The summed E-state index contributed by atoms with van der Waals surface area (Å²) in [5, 5.41) is 7.52. The Labute approximate surface area is 113 Å². The van der Waals surface area contributed by atoms with Crippen molar-refractivity contribution in [2.24, 2.45) is 0 Å². The molecule has 1 unspecified atom stereocenters. The van der Waals surface area contributed by atoms with Gasteiger partial charge in [0.05, 0.1) is 5.41 Å². The van der Waals surface area contributed by atoms with Crippen LogP contribution in [0.5, 0.6) is 0 Å². The van der Waals surface area contributed by atoms with Crippen molar-refractivity contribution in [3.05, 3.63) is 47.6 Å². The quantitative estimate of drug-likeness (QED) is 0.916. The van der Waals surface area contributed by atoms with Gasteiger partial charge in [-0.05, 0) is 31.9 Å². The van der Waals surface area contributed by atoms with Crippen molar-refractivity contribution in [3.63, 3.8) is 0 Å². The maximum Gasteiger partial charge on any atom is 0.233 e. The van der Waals surface area contributed by atoms with Gasteiger partial charge < -0.3 is 9.84 Å². The summed E-state index contributed by atoms with van der Waals surface area (Å²) in [5.74, 6) is 1.54. The molecule has 0 saturated carbocycles. The molecule has 1 aromatic carbocycles. The molecule has 0 amide bonds. The molecule has 0 aliphatic carbocycles. The molecule has 1 aromatic heterocycles. The summed E-state index contributed by atoms with van der Waals surface area (Å²) in [6.45, 7) is 4.19. The van der Waals surface area contributed by atoms with E-state index in [0.717, 1.165) is 44.1 Å². The van der Waals surface area contributed by atoms with Crippen molar-refractivity contribution in [2.75, 3.05) is 13.1 Å². The summed E-state index contributed by atoms with van der Waals surface area (Å²) in [5.41, 5.74) is 1.20. The van der Waals surface area contributed by atoms with Crippen LogP contribution in [0.2, 0.25) is 0 Å². The molecule has 1 N–H and O–H groups in total. The van der Waals surface area contributed by atoms with Crippen LogP contribution in [-0.2, 0) is 11.8 Å². The van der Waals surface area contributed by atoms with Gasteiger partial charge in [-0.2, -0.15) is 4.98 Å². The van der Waals surface area contributed by atoms with E-state index in [1.54, 1.807) is 0 Å². The van der Waals surface area contributed by atoms with Crippen LogP contribution in [-0.4, -0.2) is 23.2 Å². The van der Waals surface area contributed by atoms with Gasteiger partial charge in [0.25, 0.3) is 0 Å². The second-order valence-corrected chi connectivity index (χ2v) is 5.52. The third-order valence-electron chi connectivity index (χ3n) is 3.79. The van der Waals surface area contributed by atoms with E-state index < -0.39 is 0 Å². The minimum absolute atomic E-state index is 0.0137. The van der Waals surface area contributed by atoms with E-state index >= 15 is 0 Å². The van der Waals surface area contributed by atoms with Gasteiger partial charge >= 0.3 is 0 Å². The van der Waals surface area contributed by atoms with E-state index in [4.69, 9.17) is 4.52 Å². The average molecular weight is 257 g/mol. The lowest BCUT2D eigenvalue weighted by Crippen LogP contribution is -2.41. The number of rotatable bonds is 3. The van der Waals surface area contributed by atoms with Gasteiger partial charge in [0.1, 0.15) is 0 Å². The van der Waals surface area contributed by atoms with Crippen molar-refractivity contribution < 1.29 is 4.52 Å². The molecule has 2 aromatic rings. The van der Waals surface area contributed by atoms with Crippen molar-refractivity contribution in [1.82, 2.24) is 15.5 Å². The van der Waals surface area contributed by atoms with Gasteiger partial charge in [-0.15, -0.1) is 0 Å². The normalized spacial score (nSPS) is 23.4. The standard InChI is InChI=1S/C15H19N3O/c1-15(8-5-9-16-11-15)14-17-13(18-19-14)10-12-6-3-2-4-7-12/h2-4,6-7,16H,5,8-11H2,1H3. The first-order chi connectivity index (χ1) is 9.26. The third-order valence-corrected chi connectivity index (χ3v) is 3.79. The van der Waals surface area contributed by atoms with Gasteiger partial charge in [0.2, 0.25) is 5.89 Å². The highest BCUT2D eigenvalue weighted by Gasteiger charge is 2.34. The molecular formula is C15H19N3O. The molecule has 1 fully saturated rings. The molecule has 4 heteroatoms. The predicted octanol–water partition coefficient (Wildman–Crippen LogP) is 2.30. The van der Waals surface area contributed by atoms with Gasteiger partial charge in [0.15, 0.2) is 5.82 Å². The zero-order valence-electron chi connectivity index (χ0n) is 11.2. The Balaban J connectivity index is 1.76. The number of piperidine rings is 1. The maximum atomic E-state index is 5.48.